The number of nitrogens with zero attached hydrogens (tertiary/aromatic N) is 3. The summed E-state index contributed by atoms with van der Waals surface area (Å²) in [6.07, 6.45) is 0. The molecule has 8 aromatic carbocycles. The Morgan fingerprint density at radius 3 is 1.59 bits per heavy atom. The molecule has 0 saturated carbocycles. The lowest BCUT2D eigenvalue weighted by atomic mass is 9.81. The van der Waals surface area contributed by atoms with Gasteiger partial charge in [-0.05, 0) is 96.0 Å². The van der Waals surface area contributed by atoms with Gasteiger partial charge >= 0.3 is 0 Å². The molecular formula is C48H33N3. The smallest absolute Gasteiger partial charge is 0.164 e. The van der Waals surface area contributed by atoms with Gasteiger partial charge in [0.25, 0.3) is 0 Å². The van der Waals surface area contributed by atoms with E-state index in [2.05, 4.69) is 178 Å². The van der Waals surface area contributed by atoms with Crippen LogP contribution in [-0.2, 0) is 5.41 Å². The van der Waals surface area contributed by atoms with Gasteiger partial charge in [0.05, 0.1) is 0 Å². The summed E-state index contributed by atoms with van der Waals surface area (Å²) < 4.78 is 0. The molecule has 3 heteroatoms. The van der Waals surface area contributed by atoms with Crippen molar-refractivity contribution in [3.05, 3.63) is 175 Å². The third-order valence-electron chi connectivity index (χ3n) is 10.7. The Balaban J connectivity index is 1.18. The molecule has 0 saturated heterocycles. The lowest BCUT2D eigenvalue weighted by Crippen LogP contribution is -2.15. The molecule has 0 aliphatic heterocycles. The first-order valence-electron chi connectivity index (χ1n) is 17.5. The number of aromatic nitrogens is 3. The quantitative estimate of drug-likeness (QED) is 0.190. The Morgan fingerprint density at radius 1 is 0.333 bits per heavy atom. The molecule has 3 nitrogen and oxygen atoms in total. The molecule has 0 spiro atoms. The summed E-state index contributed by atoms with van der Waals surface area (Å²) in [5, 5.41) is 7.14. The molecular weight excluding hydrogens is 619 g/mol. The highest BCUT2D eigenvalue weighted by molar-refractivity contribution is 6.04. The molecule has 240 valence electrons. The Hall–Kier alpha value is -6.45. The van der Waals surface area contributed by atoms with Crippen LogP contribution in [0.1, 0.15) is 25.0 Å². The van der Waals surface area contributed by atoms with E-state index in [0.717, 1.165) is 27.5 Å². The van der Waals surface area contributed by atoms with Crippen LogP contribution in [0.4, 0.5) is 0 Å². The topological polar surface area (TPSA) is 38.7 Å². The predicted octanol–water partition coefficient (Wildman–Crippen LogP) is 12.3. The highest BCUT2D eigenvalue weighted by Gasteiger charge is 2.36. The minimum absolute atomic E-state index is 0.175. The third kappa shape index (κ3) is 4.77. The molecule has 0 amide bonds. The normalized spacial score (nSPS) is 13.1. The average molecular weight is 652 g/mol. The summed E-state index contributed by atoms with van der Waals surface area (Å²) in [7, 11) is 0. The van der Waals surface area contributed by atoms with Crippen molar-refractivity contribution in [3.63, 3.8) is 0 Å². The fraction of sp³-hybridized carbons (Fsp3) is 0.0625. The van der Waals surface area contributed by atoms with Crippen molar-refractivity contribution < 1.29 is 0 Å². The number of fused-ring (bicyclic) bond motifs is 6. The molecule has 1 heterocycles. The minimum Gasteiger partial charge on any atom is -0.208 e. The van der Waals surface area contributed by atoms with Gasteiger partial charge in [0.2, 0.25) is 0 Å². The molecule has 0 unspecified atom stereocenters. The van der Waals surface area contributed by atoms with Gasteiger partial charge in [-0.2, -0.15) is 0 Å². The molecule has 0 fully saturated rings. The van der Waals surface area contributed by atoms with Gasteiger partial charge in [0.15, 0.2) is 17.5 Å². The van der Waals surface area contributed by atoms with Gasteiger partial charge in [-0.15, -0.1) is 0 Å². The summed E-state index contributed by atoms with van der Waals surface area (Å²) in [6, 6.07) is 58.5. The van der Waals surface area contributed by atoms with E-state index in [9.17, 15) is 0 Å². The molecule has 1 aliphatic rings. The molecule has 0 atom stereocenters. The fourth-order valence-electron chi connectivity index (χ4n) is 8.01. The first-order chi connectivity index (χ1) is 25.0. The van der Waals surface area contributed by atoms with Gasteiger partial charge in [0, 0.05) is 22.1 Å². The summed E-state index contributed by atoms with van der Waals surface area (Å²) in [6.45, 7) is 4.66. The highest BCUT2D eigenvalue weighted by Crippen LogP contribution is 2.50. The lowest BCUT2D eigenvalue weighted by molar-refractivity contribution is 0.661. The Labute approximate surface area is 297 Å². The van der Waals surface area contributed by atoms with Gasteiger partial charge in [-0.3, -0.25) is 0 Å². The maximum atomic E-state index is 5.26. The zero-order chi connectivity index (χ0) is 34.1. The van der Waals surface area contributed by atoms with Gasteiger partial charge in [-0.25, -0.2) is 15.0 Å². The van der Waals surface area contributed by atoms with Crippen molar-refractivity contribution in [2.75, 3.05) is 0 Å². The lowest BCUT2D eigenvalue weighted by Gasteiger charge is -2.22. The van der Waals surface area contributed by atoms with Crippen molar-refractivity contribution in [2.24, 2.45) is 0 Å². The fourth-order valence-corrected chi connectivity index (χ4v) is 8.01. The molecule has 1 aromatic heterocycles. The van der Waals surface area contributed by atoms with E-state index in [1.807, 2.05) is 0 Å². The van der Waals surface area contributed by atoms with Crippen molar-refractivity contribution in [2.45, 2.75) is 19.3 Å². The van der Waals surface area contributed by atoms with E-state index in [1.54, 1.807) is 0 Å². The zero-order valence-corrected chi connectivity index (χ0v) is 28.4. The van der Waals surface area contributed by atoms with Crippen molar-refractivity contribution in [3.8, 4) is 56.4 Å². The van der Waals surface area contributed by atoms with Gasteiger partial charge < -0.3 is 0 Å². The summed E-state index contributed by atoms with van der Waals surface area (Å²) in [5.74, 6) is 1.98. The second kappa shape index (κ2) is 11.3. The molecule has 0 radical (unpaired) electrons. The van der Waals surface area contributed by atoms with E-state index < -0.39 is 0 Å². The Morgan fingerprint density at radius 2 is 0.843 bits per heavy atom. The monoisotopic (exact) mass is 651 g/mol. The summed E-state index contributed by atoms with van der Waals surface area (Å²) in [4.78, 5) is 15.7. The number of rotatable bonds is 4. The van der Waals surface area contributed by atoms with E-state index in [1.165, 1.54) is 54.9 Å². The second-order valence-electron chi connectivity index (χ2n) is 14.1. The van der Waals surface area contributed by atoms with Crippen molar-refractivity contribution >= 4 is 32.3 Å². The standard InChI is InChI=1S/C48H33N3/c1-48(2)43-29-36(22-23-40(43)42-27-33-16-8-9-17-34(33)28-44(42)48)46-49-45(35-21-20-30-12-6-7-15-32(30)26-35)50-47(51-46)41-25-24-37(31-13-4-3-5-14-31)38-18-10-11-19-39(38)41/h3-29H,1-2H3. The number of hydrogen-bond donors (Lipinski definition) is 0. The average Bonchev–Trinajstić information content (AvgIpc) is 3.41. The third-order valence-corrected chi connectivity index (χ3v) is 10.7. The van der Waals surface area contributed by atoms with Crippen molar-refractivity contribution in [1.29, 1.82) is 0 Å². The summed E-state index contributed by atoms with van der Waals surface area (Å²) >= 11 is 0. The van der Waals surface area contributed by atoms with E-state index in [0.29, 0.717) is 17.5 Å². The molecule has 0 bridgehead atoms. The molecule has 10 rings (SSSR count). The Kier molecular flexibility index (Phi) is 6.53. The maximum Gasteiger partial charge on any atom is 0.164 e. The van der Waals surface area contributed by atoms with E-state index in [4.69, 9.17) is 15.0 Å². The van der Waals surface area contributed by atoms with Crippen molar-refractivity contribution in [1.82, 2.24) is 15.0 Å². The molecule has 0 N–H and O–H groups in total. The minimum atomic E-state index is -0.175. The largest absolute Gasteiger partial charge is 0.208 e. The van der Waals surface area contributed by atoms with Crippen LogP contribution in [0.5, 0.6) is 0 Å². The van der Waals surface area contributed by atoms with Crippen LogP contribution < -0.4 is 0 Å². The molecule has 1 aliphatic carbocycles. The first-order valence-corrected chi connectivity index (χ1v) is 17.5. The molecule has 51 heavy (non-hydrogen) atoms. The van der Waals surface area contributed by atoms with Gasteiger partial charge in [-0.1, -0.05) is 147 Å². The summed E-state index contributed by atoms with van der Waals surface area (Å²) in [5.41, 5.74) is 10.3. The van der Waals surface area contributed by atoms with Crippen LogP contribution in [0.15, 0.2) is 164 Å². The van der Waals surface area contributed by atoms with Crippen LogP contribution in [-0.4, -0.2) is 15.0 Å². The van der Waals surface area contributed by atoms with Crippen LogP contribution in [0, 0.1) is 0 Å². The predicted molar refractivity (Wildman–Crippen MR) is 212 cm³/mol. The van der Waals surface area contributed by atoms with Crippen LogP contribution >= 0.6 is 0 Å². The maximum absolute atomic E-state index is 5.26. The molecule has 9 aromatic rings. The number of hydrogen-bond acceptors (Lipinski definition) is 3. The number of benzene rings is 8. The SMILES string of the molecule is CC1(C)c2cc(-c3nc(-c4ccc5ccccc5c4)nc(-c4ccc(-c5ccccc5)c5ccccc45)n3)ccc2-c2cc3ccccc3cc21. The van der Waals surface area contributed by atoms with Gasteiger partial charge in [0.1, 0.15) is 0 Å². The zero-order valence-electron chi connectivity index (χ0n) is 28.4. The van der Waals surface area contributed by atoms with E-state index >= 15 is 0 Å². The Bertz CT molecular complexity index is 2830. The van der Waals surface area contributed by atoms with Crippen LogP contribution in [0.25, 0.3) is 88.7 Å². The first kappa shape index (κ1) is 29.5. The second-order valence-corrected chi connectivity index (χ2v) is 14.1. The van der Waals surface area contributed by atoms with E-state index in [-0.39, 0.29) is 5.41 Å². The highest BCUT2D eigenvalue weighted by atomic mass is 15.0. The van der Waals surface area contributed by atoms with Crippen LogP contribution in [0.3, 0.4) is 0 Å². The van der Waals surface area contributed by atoms with Crippen LogP contribution in [0.2, 0.25) is 0 Å².